The van der Waals surface area contributed by atoms with E-state index in [1.165, 1.54) is 12.8 Å². The lowest BCUT2D eigenvalue weighted by Gasteiger charge is -2.06. The second-order valence-electron chi connectivity index (χ2n) is 4.48. The predicted molar refractivity (Wildman–Crippen MR) is 71.6 cm³/mol. The minimum Gasteiger partial charge on any atom is -0.351 e. The molecule has 1 amide bonds. The van der Waals surface area contributed by atoms with Crippen molar-refractivity contribution in [3.8, 4) is 0 Å². The van der Waals surface area contributed by atoms with Gasteiger partial charge in [0.1, 0.15) is 0 Å². The molecule has 0 bridgehead atoms. The van der Waals surface area contributed by atoms with Crippen LogP contribution in [0.15, 0.2) is 28.7 Å². The number of nitrogens with one attached hydrogen (secondary N) is 2. The van der Waals surface area contributed by atoms with Crippen LogP contribution in [0.1, 0.15) is 18.4 Å². The molecule has 0 unspecified atom stereocenters. The van der Waals surface area contributed by atoms with Gasteiger partial charge in [-0.25, -0.2) is 0 Å². The molecule has 1 aliphatic carbocycles. The van der Waals surface area contributed by atoms with Crippen LogP contribution in [0, 0.1) is 5.92 Å². The molecule has 0 atom stereocenters. The Hall–Kier alpha value is -0.870. The van der Waals surface area contributed by atoms with Crippen LogP contribution in [0.5, 0.6) is 0 Å². The monoisotopic (exact) mass is 296 g/mol. The number of rotatable bonds is 6. The van der Waals surface area contributed by atoms with Gasteiger partial charge in [0.2, 0.25) is 5.91 Å². The first-order chi connectivity index (χ1) is 8.24. The molecule has 1 saturated carbocycles. The lowest BCUT2D eigenvalue weighted by Crippen LogP contribution is -2.34. The molecule has 0 spiro atoms. The number of hydrogen-bond donors (Lipinski definition) is 2. The van der Waals surface area contributed by atoms with E-state index in [-0.39, 0.29) is 5.91 Å². The molecule has 0 saturated heterocycles. The summed E-state index contributed by atoms with van der Waals surface area (Å²) in [6.45, 7) is 2.00. The van der Waals surface area contributed by atoms with E-state index >= 15 is 0 Å². The molecule has 1 aromatic carbocycles. The van der Waals surface area contributed by atoms with Crippen molar-refractivity contribution in [1.29, 1.82) is 0 Å². The maximum absolute atomic E-state index is 11.5. The van der Waals surface area contributed by atoms with Gasteiger partial charge in [0.25, 0.3) is 0 Å². The van der Waals surface area contributed by atoms with Crippen molar-refractivity contribution >= 4 is 21.8 Å². The van der Waals surface area contributed by atoms with Crippen LogP contribution in [0.3, 0.4) is 0 Å². The van der Waals surface area contributed by atoms with Crippen molar-refractivity contribution in [2.75, 3.05) is 13.1 Å². The quantitative estimate of drug-likeness (QED) is 0.844. The summed E-state index contributed by atoms with van der Waals surface area (Å²) in [4.78, 5) is 11.5. The third-order valence-corrected chi connectivity index (χ3v) is 3.35. The first kappa shape index (κ1) is 12.6. The topological polar surface area (TPSA) is 41.1 Å². The van der Waals surface area contributed by atoms with Gasteiger partial charge >= 0.3 is 0 Å². The smallest absolute Gasteiger partial charge is 0.234 e. The Balaban J connectivity index is 1.62. The van der Waals surface area contributed by atoms with Gasteiger partial charge in [-0.3, -0.25) is 4.79 Å². The van der Waals surface area contributed by atoms with Crippen LogP contribution < -0.4 is 10.6 Å². The molecule has 1 aromatic rings. The zero-order chi connectivity index (χ0) is 12.1. The van der Waals surface area contributed by atoms with Crippen molar-refractivity contribution in [2.45, 2.75) is 19.4 Å². The molecule has 3 nitrogen and oxygen atoms in total. The van der Waals surface area contributed by atoms with E-state index in [0.717, 1.165) is 22.5 Å². The number of halogens is 1. The van der Waals surface area contributed by atoms with Gasteiger partial charge in [-0.1, -0.05) is 28.1 Å². The Morgan fingerprint density at radius 3 is 2.65 bits per heavy atom. The van der Waals surface area contributed by atoms with E-state index < -0.39 is 0 Å². The summed E-state index contributed by atoms with van der Waals surface area (Å²) in [6.07, 6.45) is 2.63. The summed E-state index contributed by atoms with van der Waals surface area (Å²) in [6, 6.07) is 7.96. The Kier molecular flexibility index (Phi) is 4.57. The molecule has 92 valence electrons. The summed E-state index contributed by atoms with van der Waals surface area (Å²) < 4.78 is 1.05. The molecule has 0 radical (unpaired) electrons. The van der Waals surface area contributed by atoms with Gasteiger partial charge in [-0.05, 0) is 43.0 Å². The predicted octanol–water partition coefficient (Wildman–Crippen LogP) is 2.06. The highest BCUT2D eigenvalue weighted by Crippen LogP contribution is 2.27. The summed E-state index contributed by atoms with van der Waals surface area (Å²) in [7, 11) is 0. The lowest BCUT2D eigenvalue weighted by molar-refractivity contribution is -0.120. The highest BCUT2D eigenvalue weighted by atomic mass is 79.9. The Labute approximate surface area is 110 Å². The molecule has 4 heteroatoms. The highest BCUT2D eigenvalue weighted by Gasteiger charge is 2.20. The fraction of sp³-hybridized carbons (Fsp3) is 0.462. The van der Waals surface area contributed by atoms with Crippen molar-refractivity contribution in [2.24, 2.45) is 5.92 Å². The Bertz CT molecular complexity index is 374. The Morgan fingerprint density at radius 2 is 2.00 bits per heavy atom. The number of benzene rings is 1. The second kappa shape index (κ2) is 6.17. The number of carbonyl (C=O) groups is 1. The van der Waals surface area contributed by atoms with Gasteiger partial charge < -0.3 is 10.6 Å². The average molecular weight is 297 g/mol. The second-order valence-corrected chi connectivity index (χ2v) is 5.39. The first-order valence-corrected chi connectivity index (χ1v) is 6.75. The van der Waals surface area contributed by atoms with E-state index in [0.29, 0.717) is 13.1 Å². The van der Waals surface area contributed by atoms with E-state index in [1.54, 1.807) is 0 Å². The van der Waals surface area contributed by atoms with Gasteiger partial charge in [0, 0.05) is 11.0 Å². The molecule has 0 aliphatic heterocycles. The number of carbonyl (C=O) groups excluding carboxylic acids is 1. The van der Waals surface area contributed by atoms with Crippen LogP contribution >= 0.6 is 15.9 Å². The van der Waals surface area contributed by atoms with E-state index in [2.05, 4.69) is 26.6 Å². The zero-order valence-electron chi connectivity index (χ0n) is 9.71. The zero-order valence-corrected chi connectivity index (χ0v) is 11.3. The highest BCUT2D eigenvalue weighted by molar-refractivity contribution is 9.10. The molecule has 1 fully saturated rings. The van der Waals surface area contributed by atoms with E-state index in [4.69, 9.17) is 0 Å². The lowest BCUT2D eigenvalue weighted by atomic mass is 10.2. The van der Waals surface area contributed by atoms with E-state index in [9.17, 15) is 4.79 Å². The minimum absolute atomic E-state index is 0.0635. The van der Waals surface area contributed by atoms with Gasteiger partial charge in [0.15, 0.2) is 0 Å². The maximum atomic E-state index is 11.5. The summed E-state index contributed by atoms with van der Waals surface area (Å²) >= 11 is 3.38. The summed E-state index contributed by atoms with van der Waals surface area (Å²) in [5.41, 5.74) is 1.11. The van der Waals surface area contributed by atoms with Crippen LogP contribution in [-0.4, -0.2) is 19.0 Å². The first-order valence-electron chi connectivity index (χ1n) is 5.96. The molecule has 1 aliphatic rings. The molecule has 2 rings (SSSR count). The molecule has 2 N–H and O–H groups in total. The van der Waals surface area contributed by atoms with Gasteiger partial charge in [0.05, 0.1) is 6.54 Å². The van der Waals surface area contributed by atoms with Crippen molar-refractivity contribution in [3.63, 3.8) is 0 Å². The molecule has 0 aromatic heterocycles. The fourth-order valence-corrected chi connectivity index (χ4v) is 1.84. The number of hydrogen-bond acceptors (Lipinski definition) is 2. The van der Waals surface area contributed by atoms with Crippen LogP contribution in [0.2, 0.25) is 0 Å². The van der Waals surface area contributed by atoms with Gasteiger partial charge in [-0.2, -0.15) is 0 Å². The van der Waals surface area contributed by atoms with Crippen molar-refractivity contribution in [3.05, 3.63) is 34.3 Å². The molecular formula is C13H17BrN2O. The van der Waals surface area contributed by atoms with E-state index in [1.807, 2.05) is 24.3 Å². The third-order valence-electron chi connectivity index (χ3n) is 2.82. The average Bonchev–Trinajstić information content (AvgIpc) is 3.12. The SMILES string of the molecule is O=C(CNCC1CC1)NCc1ccc(Br)cc1. The Morgan fingerprint density at radius 1 is 1.29 bits per heavy atom. The minimum atomic E-state index is 0.0635. The normalized spacial score (nSPS) is 14.6. The largest absolute Gasteiger partial charge is 0.351 e. The fourth-order valence-electron chi connectivity index (χ4n) is 1.58. The number of amides is 1. The van der Waals surface area contributed by atoms with Crippen LogP contribution in [0.4, 0.5) is 0 Å². The maximum Gasteiger partial charge on any atom is 0.234 e. The van der Waals surface area contributed by atoms with Gasteiger partial charge in [-0.15, -0.1) is 0 Å². The van der Waals surface area contributed by atoms with Crippen LogP contribution in [0.25, 0.3) is 0 Å². The summed E-state index contributed by atoms with van der Waals surface area (Å²) in [5.74, 6) is 0.878. The third kappa shape index (κ3) is 4.88. The van der Waals surface area contributed by atoms with Crippen molar-refractivity contribution in [1.82, 2.24) is 10.6 Å². The molecular weight excluding hydrogens is 280 g/mol. The molecule has 17 heavy (non-hydrogen) atoms. The summed E-state index contributed by atoms with van der Waals surface area (Å²) in [5, 5.41) is 6.07. The van der Waals surface area contributed by atoms with Crippen LogP contribution in [-0.2, 0) is 11.3 Å². The standard InChI is InChI=1S/C13H17BrN2O/c14-12-5-3-11(4-6-12)8-16-13(17)9-15-7-10-1-2-10/h3-6,10,15H,1-2,7-9H2,(H,16,17). The van der Waals surface area contributed by atoms with Crippen molar-refractivity contribution < 1.29 is 4.79 Å². The molecule has 0 heterocycles.